The highest BCUT2D eigenvalue weighted by Gasteiger charge is 2.16. The lowest BCUT2D eigenvalue weighted by atomic mass is 10.0. The zero-order valence-corrected chi connectivity index (χ0v) is 21.8. The number of hydrogen-bond acceptors (Lipinski definition) is 7. The van der Waals surface area contributed by atoms with E-state index in [0.29, 0.717) is 11.1 Å². The van der Waals surface area contributed by atoms with Gasteiger partial charge in [0, 0.05) is 23.3 Å². The van der Waals surface area contributed by atoms with Crippen LogP contribution in [0.25, 0.3) is 0 Å². The summed E-state index contributed by atoms with van der Waals surface area (Å²) in [7, 11) is 0. The van der Waals surface area contributed by atoms with Crippen LogP contribution in [0, 0.1) is 13.8 Å². The van der Waals surface area contributed by atoms with Crippen molar-refractivity contribution in [2.45, 2.75) is 13.8 Å². The van der Waals surface area contributed by atoms with Crippen molar-refractivity contribution in [1.29, 1.82) is 0 Å². The number of carbonyl (C=O) groups excluding carboxylic acids is 2. The number of rotatable bonds is 8. The first-order valence-electron chi connectivity index (χ1n) is 12.1. The van der Waals surface area contributed by atoms with E-state index in [1.807, 2.05) is 0 Å². The average Bonchev–Trinajstić information content (AvgIpc) is 2.91. The number of benzene rings is 4. The van der Waals surface area contributed by atoms with Gasteiger partial charge in [-0.2, -0.15) is 0 Å². The van der Waals surface area contributed by atoms with Crippen LogP contribution in [0.1, 0.15) is 52.6 Å². The number of ether oxygens (including phenoxy) is 1. The molecule has 11 nitrogen and oxygen atoms in total. The summed E-state index contributed by atoms with van der Waals surface area (Å²) in [6.45, 7) is 3.13. The average molecular weight is 557 g/mol. The van der Waals surface area contributed by atoms with Gasteiger partial charge in [0.15, 0.2) is 0 Å². The molecule has 4 rings (SSSR count). The number of anilines is 2. The van der Waals surface area contributed by atoms with E-state index in [9.17, 15) is 39.6 Å². The number of hydrogen-bond donors (Lipinski definition) is 6. The van der Waals surface area contributed by atoms with Crippen LogP contribution < -0.4 is 15.4 Å². The van der Waals surface area contributed by atoms with Crippen LogP contribution in [0.15, 0.2) is 72.8 Å². The molecule has 11 heteroatoms. The molecule has 0 radical (unpaired) electrons. The highest BCUT2D eigenvalue weighted by Crippen LogP contribution is 2.34. The van der Waals surface area contributed by atoms with E-state index in [4.69, 9.17) is 4.74 Å². The Morgan fingerprint density at radius 1 is 0.585 bits per heavy atom. The minimum atomic E-state index is -1.11. The van der Waals surface area contributed by atoms with Crippen LogP contribution >= 0.6 is 0 Å². The lowest BCUT2D eigenvalue weighted by Crippen LogP contribution is -2.13. The van der Waals surface area contributed by atoms with Crippen molar-refractivity contribution in [3.05, 3.63) is 106 Å². The minimum absolute atomic E-state index is 0.0277. The van der Waals surface area contributed by atoms with E-state index in [1.165, 1.54) is 72.8 Å². The molecular weight excluding hydrogens is 532 g/mol. The second-order valence-corrected chi connectivity index (χ2v) is 9.04. The van der Waals surface area contributed by atoms with E-state index in [2.05, 4.69) is 10.6 Å². The molecule has 0 heterocycles. The third-order valence-electron chi connectivity index (χ3n) is 6.11. The topological polar surface area (TPSA) is 182 Å². The second kappa shape index (κ2) is 11.5. The van der Waals surface area contributed by atoms with Crippen molar-refractivity contribution in [2.24, 2.45) is 0 Å². The number of carbonyl (C=O) groups is 4. The second-order valence-electron chi connectivity index (χ2n) is 9.04. The predicted molar refractivity (Wildman–Crippen MR) is 148 cm³/mol. The first-order chi connectivity index (χ1) is 19.4. The number of amides is 2. The summed E-state index contributed by atoms with van der Waals surface area (Å²) in [5.41, 5.74) is 1.35. The Morgan fingerprint density at radius 3 is 1.32 bits per heavy atom. The van der Waals surface area contributed by atoms with Gasteiger partial charge in [-0.15, -0.1) is 0 Å². The summed E-state index contributed by atoms with van der Waals surface area (Å²) < 4.78 is 5.81. The fraction of sp³-hybridized carbons (Fsp3) is 0.0667. The maximum atomic E-state index is 12.7. The summed E-state index contributed by atoms with van der Waals surface area (Å²) in [6, 6.07) is 16.4. The maximum Gasteiger partial charge on any atom is 0.335 e. The molecule has 0 unspecified atom stereocenters. The first-order valence-corrected chi connectivity index (χ1v) is 12.1. The Balaban J connectivity index is 1.50. The number of carboxylic acids is 2. The highest BCUT2D eigenvalue weighted by molar-refractivity contribution is 6.06. The molecular formula is C30H24N2O9. The monoisotopic (exact) mass is 556 g/mol. The summed E-state index contributed by atoms with van der Waals surface area (Å²) in [5, 5.41) is 44.0. The third-order valence-corrected chi connectivity index (χ3v) is 6.11. The largest absolute Gasteiger partial charge is 0.506 e. The highest BCUT2D eigenvalue weighted by atomic mass is 16.5. The van der Waals surface area contributed by atoms with Gasteiger partial charge in [-0.1, -0.05) is 0 Å². The molecule has 4 aromatic carbocycles. The third kappa shape index (κ3) is 6.42. The summed E-state index contributed by atoms with van der Waals surface area (Å²) in [5.74, 6) is -3.47. The van der Waals surface area contributed by atoms with Gasteiger partial charge >= 0.3 is 11.9 Å². The molecule has 0 aromatic heterocycles. The number of aromatic carboxylic acids is 2. The summed E-state index contributed by atoms with van der Waals surface area (Å²) in [6.07, 6.45) is 0. The quantitative estimate of drug-likeness (QED) is 0.155. The van der Waals surface area contributed by atoms with Gasteiger partial charge in [-0.25, -0.2) is 9.59 Å². The SMILES string of the molecule is Cc1cc(C(=O)Nc2cc(Oc3ccc(O)c(NC(=O)c4ccc(C(=O)O)c(C)c4)c3)ccc2O)ccc1C(=O)O. The molecule has 0 aliphatic carbocycles. The molecule has 41 heavy (non-hydrogen) atoms. The molecule has 0 saturated carbocycles. The molecule has 0 aliphatic rings. The Bertz CT molecular complexity index is 1590. The molecule has 0 fully saturated rings. The Hall–Kier alpha value is -5.84. The van der Waals surface area contributed by atoms with E-state index in [0.717, 1.165) is 0 Å². The van der Waals surface area contributed by atoms with E-state index >= 15 is 0 Å². The van der Waals surface area contributed by atoms with Gasteiger partial charge in [0.25, 0.3) is 11.8 Å². The molecule has 0 aliphatic heterocycles. The van der Waals surface area contributed by atoms with Crippen LogP contribution in [0.2, 0.25) is 0 Å². The van der Waals surface area contributed by atoms with Crippen molar-refractivity contribution in [3.63, 3.8) is 0 Å². The number of carboxylic acid groups (broad SMARTS) is 2. The van der Waals surface area contributed by atoms with Crippen molar-refractivity contribution in [1.82, 2.24) is 0 Å². The lowest BCUT2D eigenvalue weighted by Gasteiger charge is -2.13. The van der Waals surface area contributed by atoms with Crippen molar-refractivity contribution >= 4 is 35.1 Å². The number of aromatic hydroxyl groups is 2. The molecule has 0 spiro atoms. The Kier molecular flexibility index (Phi) is 7.90. The van der Waals surface area contributed by atoms with Gasteiger partial charge in [-0.3, -0.25) is 9.59 Å². The number of nitrogens with one attached hydrogen (secondary N) is 2. The smallest absolute Gasteiger partial charge is 0.335 e. The van der Waals surface area contributed by atoms with Crippen LogP contribution in [-0.2, 0) is 0 Å². The first kappa shape index (κ1) is 28.2. The van der Waals surface area contributed by atoms with Crippen molar-refractivity contribution < 1.29 is 44.3 Å². The maximum absolute atomic E-state index is 12.7. The lowest BCUT2D eigenvalue weighted by molar-refractivity contribution is 0.0685. The van der Waals surface area contributed by atoms with E-state index in [1.54, 1.807) is 13.8 Å². The van der Waals surface area contributed by atoms with E-state index in [-0.39, 0.29) is 56.6 Å². The van der Waals surface area contributed by atoms with Crippen LogP contribution in [0.5, 0.6) is 23.0 Å². The Labute approximate surface area is 233 Å². The van der Waals surface area contributed by atoms with Crippen molar-refractivity contribution in [3.8, 4) is 23.0 Å². The number of phenolic OH excluding ortho intramolecular Hbond substituents is 2. The fourth-order valence-corrected chi connectivity index (χ4v) is 3.97. The zero-order valence-electron chi connectivity index (χ0n) is 21.8. The van der Waals surface area contributed by atoms with Gasteiger partial charge in [0.1, 0.15) is 23.0 Å². The predicted octanol–water partition coefficient (Wildman–Crippen LogP) is 5.41. The molecule has 6 N–H and O–H groups in total. The standard InChI is InChI=1S/C30H24N2O9/c1-15-11-17(3-7-21(15)29(37)38)27(35)31-23-13-19(5-9-25(23)33)41-20-6-10-26(34)24(14-20)32-28(36)18-4-8-22(30(39)40)16(2)12-18/h3-14,33-34H,1-2H3,(H,31,35)(H,32,36)(H,37,38)(H,39,40). The molecule has 2 amide bonds. The van der Waals surface area contributed by atoms with Gasteiger partial charge in [0.2, 0.25) is 0 Å². The van der Waals surface area contributed by atoms with Crippen LogP contribution in [-0.4, -0.2) is 44.2 Å². The van der Waals surface area contributed by atoms with Gasteiger partial charge < -0.3 is 35.8 Å². The van der Waals surface area contributed by atoms with Gasteiger partial charge in [0.05, 0.1) is 22.5 Å². The van der Waals surface area contributed by atoms with Crippen LogP contribution in [0.4, 0.5) is 11.4 Å². The molecule has 0 bridgehead atoms. The normalized spacial score (nSPS) is 10.5. The molecule has 0 atom stereocenters. The number of phenols is 2. The van der Waals surface area contributed by atoms with Crippen molar-refractivity contribution in [2.75, 3.05) is 10.6 Å². The molecule has 208 valence electrons. The zero-order chi connectivity index (χ0) is 29.8. The van der Waals surface area contributed by atoms with Gasteiger partial charge in [-0.05, 0) is 85.6 Å². The Morgan fingerprint density at radius 2 is 0.976 bits per heavy atom. The summed E-state index contributed by atoms with van der Waals surface area (Å²) >= 11 is 0. The summed E-state index contributed by atoms with van der Waals surface area (Å²) in [4.78, 5) is 47.9. The van der Waals surface area contributed by atoms with Crippen LogP contribution in [0.3, 0.4) is 0 Å². The minimum Gasteiger partial charge on any atom is -0.506 e. The molecule has 4 aromatic rings. The van der Waals surface area contributed by atoms with E-state index < -0.39 is 23.8 Å². The number of aryl methyl sites for hydroxylation is 2. The molecule has 0 saturated heterocycles. The fourth-order valence-electron chi connectivity index (χ4n) is 3.97.